The molecule has 0 unspecified atom stereocenters. The van der Waals surface area contributed by atoms with Gasteiger partial charge in [-0.15, -0.1) is 0 Å². The van der Waals surface area contributed by atoms with Crippen LogP contribution in [0.1, 0.15) is 66.1 Å². The van der Waals surface area contributed by atoms with Gasteiger partial charge in [-0.3, -0.25) is 14.6 Å². The summed E-state index contributed by atoms with van der Waals surface area (Å²) in [4.78, 5) is 28.9. The molecule has 5 rings (SSSR count). The maximum absolute atomic E-state index is 14.5. The van der Waals surface area contributed by atoms with E-state index in [4.69, 9.17) is 5.73 Å². The Morgan fingerprint density at radius 1 is 0.932 bits per heavy atom. The smallest absolute Gasteiger partial charge is 0.252 e. The van der Waals surface area contributed by atoms with Gasteiger partial charge in [-0.1, -0.05) is 25.3 Å². The second-order valence-electron chi connectivity index (χ2n) is 10.7. The Labute approximate surface area is 249 Å². The summed E-state index contributed by atoms with van der Waals surface area (Å²) < 4.78 is 97.0. The third-order valence-corrected chi connectivity index (χ3v) is 9.99. The van der Waals surface area contributed by atoms with Crippen LogP contribution in [0.4, 0.5) is 27.6 Å². The predicted molar refractivity (Wildman–Crippen MR) is 146 cm³/mol. The highest BCUT2D eigenvalue weighted by atomic mass is 32.2. The van der Waals surface area contributed by atoms with Crippen molar-refractivity contribution in [1.29, 1.82) is 0 Å². The molecule has 1 aromatic heterocycles. The number of benzene rings is 2. The normalized spacial score (nSPS) is 17.7. The van der Waals surface area contributed by atoms with Crippen LogP contribution >= 0.6 is 0 Å². The first-order valence-electron chi connectivity index (χ1n) is 13.7. The van der Waals surface area contributed by atoms with Gasteiger partial charge in [0.1, 0.15) is 11.8 Å². The van der Waals surface area contributed by atoms with E-state index in [1.165, 1.54) is 12.5 Å². The van der Waals surface area contributed by atoms with Crippen molar-refractivity contribution >= 4 is 27.5 Å². The first-order chi connectivity index (χ1) is 20.8. The van der Waals surface area contributed by atoms with E-state index in [0.29, 0.717) is 15.9 Å². The van der Waals surface area contributed by atoms with Crippen LogP contribution in [0.2, 0.25) is 0 Å². The average molecular weight is 639 g/mol. The number of halogens is 5. The minimum absolute atomic E-state index is 0.00358. The van der Waals surface area contributed by atoms with Crippen molar-refractivity contribution in [2.24, 2.45) is 5.73 Å². The van der Waals surface area contributed by atoms with E-state index in [9.17, 15) is 45.1 Å². The number of sulfonamides is 1. The van der Waals surface area contributed by atoms with Crippen molar-refractivity contribution in [1.82, 2.24) is 9.29 Å². The molecule has 0 radical (unpaired) electrons. The fourth-order valence-corrected chi connectivity index (χ4v) is 7.31. The molecular weight excluding hydrogens is 611 g/mol. The van der Waals surface area contributed by atoms with Crippen LogP contribution in [0.3, 0.4) is 0 Å². The van der Waals surface area contributed by atoms with Crippen LogP contribution in [0, 0.1) is 29.1 Å². The van der Waals surface area contributed by atoms with Crippen LogP contribution in [-0.4, -0.2) is 47.2 Å². The second kappa shape index (κ2) is 12.1. The summed E-state index contributed by atoms with van der Waals surface area (Å²) in [6.07, 6.45) is 6.95. The molecule has 2 fully saturated rings. The predicted octanol–water partition coefficient (Wildman–Crippen LogP) is 4.63. The van der Waals surface area contributed by atoms with Crippen LogP contribution in [-0.2, 0) is 21.4 Å². The molecule has 3 aromatic rings. The molecule has 2 heterocycles. The van der Waals surface area contributed by atoms with Gasteiger partial charge >= 0.3 is 0 Å². The number of nitrogens with zero attached hydrogens (tertiary/aromatic N) is 3. The lowest BCUT2D eigenvalue weighted by Gasteiger charge is -2.41. The molecule has 1 saturated heterocycles. The third-order valence-electron chi connectivity index (χ3n) is 8.06. The summed E-state index contributed by atoms with van der Waals surface area (Å²) in [6, 6.07) is 5.43. The Bertz CT molecular complexity index is 1700. The molecule has 1 atom stereocenters. The fraction of sp³-hybridized carbons (Fsp3) is 0.345. The SMILES string of the molecule is NC(=O)c1ccc(N(Cc2ccc(C3CCCCC3)cn2)C(=O)[C@H]2CCN2S(=O)(=O)c2c(F)c(F)c(F)c(F)c2F)cc1O. The summed E-state index contributed by atoms with van der Waals surface area (Å²) in [7, 11) is -5.39. The monoisotopic (exact) mass is 638 g/mol. The number of primary amides is 1. The van der Waals surface area contributed by atoms with Crippen molar-refractivity contribution in [3.63, 3.8) is 0 Å². The van der Waals surface area contributed by atoms with Gasteiger partial charge in [-0.05, 0) is 48.9 Å². The van der Waals surface area contributed by atoms with Gasteiger partial charge in [0.25, 0.3) is 5.91 Å². The molecular formula is C29H27F5N4O5S. The number of anilines is 1. The van der Waals surface area contributed by atoms with Gasteiger partial charge in [0.2, 0.25) is 21.7 Å². The highest BCUT2D eigenvalue weighted by Gasteiger charge is 2.48. The number of carbonyl (C=O) groups excluding carboxylic acids is 2. The number of phenols is 1. The van der Waals surface area contributed by atoms with Crippen molar-refractivity contribution in [3.05, 3.63) is 82.4 Å². The highest BCUT2D eigenvalue weighted by molar-refractivity contribution is 7.89. The van der Waals surface area contributed by atoms with Gasteiger partial charge in [-0.2, -0.15) is 4.31 Å². The molecule has 1 aliphatic carbocycles. The Kier molecular flexibility index (Phi) is 8.62. The Balaban J connectivity index is 1.49. The standard InChI is InChI=1S/C29H27F5N4O5S/c30-22-23(31)25(33)27(26(34)24(22)32)44(42,43)38-11-10-20(38)29(41)37(18-8-9-19(28(35)40)21(39)12-18)14-17-7-6-16(13-36-17)15-4-2-1-3-5-15/h6-9,12-13,15,20,39H,1-5,10-11,14H2,(H2,35,40)/t20-/m1/s1. The molecule has 9 nitrogen and oxygen atoms in total. The summed E-state index contributed by atoms with van der Waals surface area (Å²) in [5.41, 5.74) is 6.38. The van der Waals surface area contributed by atoms with Crippen molar-refractivity contribution in [2.75, 3.05) is 11.4 Å². The highest BCUT2D eigenvalue weighted by Crippen LogP contribution is 2.36. The first-order valence-corrected chi connectivity index (χ1v) is 15.2. The number of pyridine rings is 1. The number of carbonyl (C=O) groups is 2. The van der Waals surface area contributed by atoms with E-state index < -0.39 is 74.2 Å². The summed E-state index contributed by atoms with van der Waals surface area (Å²) >= 11 is 0. The maximum Gasteiger partial charge on any atom is 0.252 e. The topological polar surface area (TPSA) is 134 Å². The zero-order chi connectivity index (χ0) is 31.9. The summed E-state index contributed by atoms with van der Waals surface area (Å²) in [5.74, 6) is -14.6. The van der Waals surface area contributed by atoms with Crippen LogP contribution < -0.4 is 10.6 Å². The lowest BCUT2D eigenvalue weighted by Crippen LogP contribution is -2.59. The molecule has 2 aromatic carbocycles. The Morgan fingerprint density at radius 3 is 2.09 bits per heavy atom. The fourth-order valence-electron chi connectivity index (χ4n) is 5.57. The van der Waals surface area contributed by atoms with Gasteiger partial charge < -0.3 is 15.7 Å². The Morgan fingerprint density at radius 2 is 1.57 bits per heavy atom. The molecule has 234 valence electrons. The minimum Gasteiger partial charge on any atom is -0.507 e. The number of aromatic nitrogens is 1. The number of rotatable bonds is 8. The lowest BCUT2D eigenvalue weighted by atomic mass is 9.85. The molecule has 15 heteroatoms. The van der Waals surface area contributed by atoms with Crippen LogP contribution in [0.5, 0.6) is 5.75 Å². The van der Waals surface area contributed by atoms with Crippen molar-refractivity contribution < 1.29 is 45.1 Å². The first kappa shape index (κ1) is 31.3. The van der Waals surface area contributed by atoms with Gasteiger partial charge in [-0.25, -0.2) is 30.4 Å². The second-order valence-corrected chi connectivity index (χ2v) is 12.6. The third kappa shape index (κ3) is 5.61. The summed E-state index contributed by atoms with van der Waals surface area (Å²) in [6.45, 7) is -0.710. The molecule has 2 aliphatic rings. The number of aromatic hydroxyl groups is 1. The average Bonchev–Trinajstić information content (AvgIpc) is 2.97. The minimum atomic E-state index is -5.39. The van der Waals surface area contributed by atoms with E-state index in [-0.39, 0.29) is 24.2 Å². The van der Waals surface area contributed by atoms with Crippen molar-refractivity contribution in [2.45, 2.75) is 61.9 Å². The van der Waals surface area contributed by atoms with Crippen molar-refractivity contribution in [3.8, 4) is 5.75 Å². The van der Waals surface area contributed by atoms with E-state index in [0.717, 1.165) is 48.3 Å². The van der Waals surface area contributed by atoms with Gasteiger partial charge in [0.05, 0.1) is 17.8 Å². The molecule has 3 N–H and O–H groups in total. The number of amides is 2. The largest absolute Gasteiger partial charge is 0.507 e. The van der Waals surface area contributed by atoms with Crippen LogP contribution in [0.25, 0.3) is 0 Å². The number of hydrogen-bond acceptors (Lipinski definition) is 6. The van der Waals surface area contributed by atoms with Crippen LogP contribution in [0.15, 0.2) is 41.4 Å². The van der Waals surface area contributed by atoms with E-state index in [1.54, 1.807) is 12.3 Å². The maximum atomic E-state index is 14.5. The van der Waals surface area contributed by atoms with E-state index >= 15 is 0 Å². The molecule has 2 amide bonds. The molecule has 44 heavy (non-hydrogen) atoms. The number of nitrogens with two attached hydrogens (primary N) is 1. The van der Waals surface area contributed by atoms with E-state index in [2.05, 4.69) is 4.98 Å². The lowest BCUT2D eigenvalue weighted by molar-refractivity contribution is -0.125. The Hall–Kier alpha value is -4.11. The van der Waals surface area contributed by atoms with E-state index in [1.807, 2.05) is 6.07 Å². The summed E-state index contributed by atoms with van der Waals surface area (Å²) in [5, 5.41) is 10.4. The quantitative estimate of drug-likeness (QED) is 0.210. The van der Waals surface area contributed by atoms with Gasteiger partial charge in [0.15, 0.2) is 28.2 Å². The van der Waals surface area contributed by atoms with Gasteiger partial charge in [0, 0.05) is 24.5 Å². The molecule has 1 saturated carbocycles. The molecule has 0 spiro atoms. The molecule has 1 aliphatic heterocycles. The number of hydrogen-bond donors (Lipinski definition) is 2. The zero-order valence-corrected chi connectivity index (χ0v) is 23.9. The molecule has 0 bridgehead atoms. The zero-order valence-electron chi connectivity index (χ0n) is 23.1.